The van der Waals surface area contributed by atoms with Crippen molar-refractivity contribution in [1.29, 1.82) is 0 Å². The van der Waals surface area contributed by atoms with Crippen molar-refractivity contribution >= 4 is 15.9 Å². The number of benzene rings is 1. The lowest BCUT2D eigenvalue weighted by Crippen LogP contribution is -2.40. The van der Waals surface area contributed by atoms with Crippen LogP contribution in [-0.4, -0.2) is 26.9 Å². The van der Waals surface area contributed by atoms with Crippen LogP contribution in [0, 0.1) is 13.8 Å². The summed E-state index contributed by atoms with van der Waals surface area (Å²) in [5, 5.41) is 2.71. The van der Waals surface area contributed by atoms with Crippen LogP contribution in [0.15, 0.2) is 23.1 Å². The zero-order valence-corrected chi connectivity index (χ0v) is 13.2. The second-order valence-corrected chi connectivity index (χ2v) is 6.71. The fraction of sp³-hybridized carbons (Fsp3) is 0.500. The Bertz CT molecular complexity index is 582. The van der Waals surface area contributed by atoms with E-state index in [1.807, 2.05) is 20.8 Å². The molecule has 0 radical (unpaired) electrons. The van der Waals surface area contributed by atoms with Crippen LogP contribution >= 0.6 is 0 Å². The van der Waals surface area contributed by atoms with Crippen LogP contribution in [0.4, 0.5) is 0 Å². The summed E-state index contributed by atoms with van der Waals surface area (Å²) >= 11 is 0. The van der Waals surface area contributed by atoms with Gasteiger partial charge in [-0.05, 0) is 38.8 Å². The molecule has 112 valence electrons. The summed E-state index contributed by atoms with van der Waals surface area (Å²) in [6, 6.07) is 5.13. The first-order chi connectivity index (χ1) is 9.26. The average molecular weight is 298 g/mol. The van der Waals surface area contributed by atoms with Gasteiger partial charge in [0, 0.05) is 6.04 Å². The van der Waals surface area contributed by atoms with E-state index in [1.165, 1.54) is 0 Å². The van der Waals surface area contributed by atoms with Crippen LogP contribution in [0.3, 0.4) is 0 Å². The minimum atomic E-state index is -3.66. The topological polar surface area (TPSA) is 75.3 Å². The number of carbonyl (C=O) groups excluding carboxylic acids is 1. The maximum atomic E-state index is 12.1. The number of aryl methyl sites for hydroxylation is 2. The number of sulfonamides is 1. The van der Waals surface area contributed by atoms with E-state index in [2.05, 4.69) is 10.0 Å². The van der Waals surface area contributed by atoms with E-state index in [0.29, 0.717) is 5.56 Å². The highest BCUT2D eigenvalue weighted by Gasteiger charge is 2.18. The normalized spacial score (nSPS) is 13.0. The minimum absolute atomic E-state index is 0.0353. The molecule has 6 heteroatoms. The molecule has 20 heavy (non-hydrogen) atoms. The van der Waals surface area contributed by atoms with E-state index in [9.17, 15) is 13.2 Å². The number of nitrogens with one attached hydrogen (secondary N) is 2. The van der Waals surface area contributed by atoms with Crippen molar-refractivity contribution in [2.75, 3.05) is 6.54 Å². The zero-order chi connectivity index (χ0) is 15.3. The van der Waals surface area contributed by atoms with Crippen LogP contribution in [0.5, 0.6) is 0 Å². The smallest absolute Gasteiger partial charge is 0.241 e. The third kappa shape index (κ3) is 4.61. The Hall–Kier alpha value is -1.40. The van der Waals surface area contributed by atoms with Crippen molar-refractivity contribution in [2.45, 2.75) is 45.1 Å². The first kappa shape index (κ1) is 16.7. The van der Waals surface area contributed by atoms with Crippen molar-refractivity contribution in [2.24, 2.45) is 0 Å². The Labute approximate surface area is 120 Å². The van der Waals surface area contributed by atoms with Crippen LogP contribution in [0.25, 0.3) is 0 Å². The van der Waals surface area contributed by atoms with Gasteiger partial charge >= 0.3 is 0 Å². The molecule has 0 fully saturated rings. The minimum Gasteiger partial charge on any atom is -0.353 e. The zero-order valence-electron chi connectivity index (χ0n) is 12.4. The molecule has 0 saturated carbocycles. The number of hydrogen-bond donors (Lipinski definition) is 2. The molecule has 1 aromatic carbocycles. The maximum Gasteiger partial charge on any atom is 0.241 e. The summed E-state index contributed by atoms with van der Waals surface area (Å²) in [5.74, 6) is -0.326. The molecule has 1 unspecified atom stereocenters. The van der Waals surface area contributed by atoms with Gasteiger partial charge in [-0.25, -0.2) is 13.1 Å². The highest BCUT2D eigenvalue weighted by atomic mass is 32.2. The van der Waals surface area contributed by atoms with Crippen LogP contribution in [0.2, 0.25) is 0 Å². The Balaban J connectivity index is 2.73. The molecule has 1 rings (SSSR count). The lowest BCUT2D eigenvalue weighted by atomic mass is 10.2. The fourth-order valence-electron chi connectivity index (χ4n) is 1.77. The van der Waals surface area contributed by atoms with Gasteiger partial charge < -0.3 is 5.32 Å². The van der Waals surface area contributed by atoms with Gasteiger partial charge in [0.15, 0.2) is 0 Å². The molecular formula is C14H22N2O3S. The third-order valence-electron chi connectivity index (χ3n) is 3.06. The van der Waals surface area contributed by atoms with Gasteiger partial charge in [-0.3, -0.25) is 4.79 Å². The van der Waals surface area contributed by atoms with E-state index >= 15 is 0 Å². The van der Waals surface area contributed by atoms with Gasteiger partial charge in [0.25, 0.3) is 0 Å². The molecule has 1 amide bonds. The van der Waals surface area contributed by atoms with E-state index in [4.69, 9.17) is 0 Å². The molecule has 1 atom stereocenters. The standard InChI is InChI=1S/C14H22N2O3S/c1-5-12(4)16-14(17)9-15-20(18,19)13-7-6-10(2)8-11(13)3/h6-8,12,15H,5,9H2,1-4H3,(H,16,17). The molecule has 0 aliphatic heterocycles. The Morgan fingerprint density at radius 2 is 1.95 bits per heavy atom. The molecular weight excluding hydrogens is 276 g/mol. The van der Waals surface area contributed by atoms with Gasteiger partial charge in [-0.1, -0.05) is 24.6 Å². The molecule has 0 aliphatic carbocycles. The molecule has 5 nitrogen and oxygen atoms in total. The summed E-state index contributed by atoms with van der Waals surface area (Å²) in [7, 11) is -3.66. The molecule has 0 spiro atoms. The van der Waals surface area contributed by atoms with Crippen molar-refractivity contribution in [1.82, 2.24) is 10.0 Å². The summed E-state index contributed by atoms with van der Waals surface area (Å²) in [5.41, 5.74) is 1.66. The predicted octanol–water partition coefficient (Wildman–Crippen LogP) is 1.50. The maximum absolute atomic E-state index is 12.1. The first-order valence-electron chi connectivity index (χ1n) is 6.62. The molecule has 0 aliphatic rings. The highest BCUT2D eigenvalue weighted by Crippen LogP contribution is 2.15. The quantitative estimate of drug-likeness (QED) is 0.835. The van der Waals surface area contributed by atoms with Crippen molar-refractivity contribution < 1.29 is 13.2 Å². The van der Waals surface area contributed by atoms with Gasteiger partial charge in [0.05, 0.1) is 11.4 Å². The van der Waals surface area contributed by atoms with Gasteiger partial charge in [0.2, 0.25) is 15.9 Å². The van der Waals surface area contributed by atoms with Gasteiger partial charge in [-0.15, -0.1) is 0 Å². The second-order valence-electron chi connectivity index (χ2n) is 4.97. The lowest BCUT2D eigenvalue weighted by Gasteiger charge is -2.13. The highest BCUT2D eigenvalue weighted by molar-refractivity contribution is 7.89. The van der Waals surface area contributed by atoms with Crippen LogP contribution in [0.1, 0.15) is 31.4 Å². The Morgan fingerprint density at radius 3 is 2.50 bits per heavy atom. The summed E-state index contributed by atoms with van der Waals surface area (Å²) in [4.78, 5) is 11.8. The van der Waals surface area contributed by atoms with Gasteiger partial charge in [0.1, 0.15) is 0 Å². The van der Waals surface area contributed by atoms with E-state index in [-0.39, 0.29) is 23.4 Å². The van der Waals surface area contributed by atoms with Gasteiger partial charge in [-0.2, -0.15) is 0 Å². The summed E-state index contributed by atoms with van der Waals surface area (Å²) in [6.45, 7) is 7.21. The number of hydrogen-bond acceptors (Lipinski definition) is 3. The van der Waals surface area contributed by atoms with E-state index < -0.39 is 10.0 Å². The molecule has 0 saturated heterocycles. The Morgan fingerprint density at radius 1 is 1.30 bits per heavy atom. The van der Waals surface area contributed by atoms with Crippen LogP contribution < -0.4 is 10.0 Å². The van der Waals surface area contributed by atoms with E-state index in [0.717, 1.165) is 12.0 Å². The number of carbonyl (C=O) groups is 1. The first-order valence-corrected chi connectivity index (χ1v) is 8.11. The number of amides is 1. The van der Waals surface area contributed by atoms with Crippen molar-refractivity contribution in [3.63, 3.8) is 0 Å². The molecule has 1 aromatic rings. The van der Waals surface area contributed by atoms with Crippen LogP contribution in [-0.2, 0) is 14.8 Å². The number of rotatable bonds is 6. The summed E-state index contributed by atoms with van der Waals surface area (Å²) in [6.07, 6.45) is 0.801. The fourth-order valence-corrected chi connectivity index (χ4v) is 2.97. The average Bonchev–Trinajstić information content (AvgIpc) is 2.36. The molecule has 0 heterocycles. The van der Waals surface area contributed by atoms with Crippen molar-refractivity contribution in [3.05, 3.63) is 29.3 Å². The monoisotopic (exact) mass is 298 g/mol. The summed E-state index contributed by atoms with van der Waals surface area (Å²) < 4.78 is 26.6. The van der Waals surface area contributed by atoms with E-state index in [1.54, 1.807) is 25.1 Å². The lowest BCUT2D eigenvalue weighted by molar-refractivity contribution is -0.120. The van der Waals surface area contributed by atoms with Crippen molar-refractivity contribution in [3.8, 4) is 0 Å². The molecule has 0 bridgehead atoms. The third-order valence-corrected chi connectivity index (χ3v) is 4.62. The SMILES string of the molecule is CCC(C)NC(=O)CNS(=O)(=O)c1ccc(C)cc1C. The predicted molar refractivity (Wildman–Crippen MR) is 79.0 cm³/mol. The Kier molecular flexibility index (Phi) is 5.71. The second kappa shape index (κ2) is 6.85. The molecule has 0 aromatic heterocycles. The molecule has 2 N–H and O–H groups in total. The largest absolute Gasteiger partial charge is 0.353 e.